The first-order valence-corrected chi connectivity index (χ1v) is 4.14. The highest BCUT2D eigenvalue weighted by atomic mass is 16.7. The molecule has 0 saturated carbocycles. The predicted molar refractivity (Wildman–Crippen MR) is 42.8 cm³/mol. The highest BCUT2D eigenvalue weighted by Crippen LogP contribution is 2.21. The molecule has 1 rings (SSSR count). The number of rotatable bonds is 4. The third kappa shape index (κ3) is 2.37. The lowest BCUT2D eigenvalue weighted by Gasteiger charge is -2.14. The summed E-state index contributed by atoms with van der Waals surface area (Å²) in [7, 11) is 0. The monoisotopic (exact) mass is 193 g/mol. The molecule has 78 valence electrons. The minimum absolute atomic E-state index is 0.243. The van der Waals surface area contributed by atoms with Crippen LogP contribution in [0.5, 0.6) is 0 Å². The lowest BCUT2D eigenvalue weighted by atomic mass is 10.1. The van der Waals surface area contributed by atoms with Crippen molar-refractivity contribution in [3.05, 3.63) is 0 Å². The van der Waals surface area contributed by atoms with Gasteiger partial charge in [-0.3, -0.25) is 0 Å². The molecule has 0 amide bonds. The van der Waals surface area contributed by atoms with Crippen molar-refractivity contribution in [3.63, 3.8) is 0 Å². The molecule has 1 fully saturated rings. The molecule has 6 nitrogen and oxygen atoms in total. The van der Waals surface area contributed by atoms with Crippen molar-refractivity contribution in [1.82, 2.24) is 0 Å². The Hall–Kier alpha value is -0.240. The first-order chi connectivity index (χ1) is 6.20. The van der Waals surface area contributed by atoms with Crippen molar-refractivity contribution in [2.75, 3.05) is 19.8 Å². The smallest absolute Gasteiger partial charge is 0.186 e. The zero-order valence-corrected chi connectivity index (χ0v) is 7.17. The van der Waals surface area contributed by atoms with E-state index in [0.29, 0.717) is 6.54 Å². The van der Waals surface area contributed by atoms with Crippen LogP contribution in [0, 0.1) is 0 Å². The second-order valence-corrected chi connectivity index (χ2v) is 2.87. The minimum Gasteiger partial charge on any atom is -0.394 e. The van der Waals surface area contributed by atoms with Crippen LogP contribution in [-0.4, -0.2) is 59.7 Å². The lowest BCUT2D eigenvalue weighted by molar-refractivity contribution is -0.167. The molecule has 0 unspecified atom stereocenters. The molecule has 0 bridgehead atoms. The topological polar surface area (TPSA) is 105 Å². The van der Waals surface area contributed by atoms with Gasteiger partial charge < -0.3 is 30.5 Å². The van der Waals surface area contributed by atoms with Gasteiger partial charge in [0.25, 0.3) is 0 Å². The van der Waals surface area contributed by atoms with Gasteiger partial charge in [-0.2, -0.15) is 0 Å². The standard InChI is InChI=1S/C7H15NO5/c8-1-2-12-7-6(11)5(10)4(3-9)13-7/h4-7,9-11H,1-3,8H2/t4-,5-,6-,7-/m1/s1. The zero-order chi connectivity index (χ0) is 9.84. The fourth-order valence-electron chi connectivity index (χ4n) is 1.19. The van der Waals surface area contributed by atoms with Gasteiger partial charge in [0.15, 0.2) is 6.29 Å². The summed E-state index contributed by atoms with van der Waals surface area (Å²) in [6.07, 6.45) is -3.90. The van der Waals surface area contributed by atoms with Crippen LogP contribution in [0.25, 0.3) is 0 Å². The van der Waals surface area contributed by atoms with Crippen molar-refractivity contribution in [2.24, 2.45) is 5.73 Å². The number of aliphatic hydroxyl groups is 3. The van der Waals surface area contributed by atoms with Gasteiger partial charge in [-0.25, -0.2) is 0 Å². The highest BCUT2D eigenvalue weighted by Gasteiger charge is 2.42. The molecule has 5 N–H and O–H groups in total. The van der Waals surface area contributed by atoms with Crippen molar-refractivity contribution in [1.29, 1.82) is 0 Å². The number of hydrogen-bond acceptors (Lipinski definition) is 6. The molecule has 4 atom stereocenters. The molecule has 1 aliphatic rings. The van der Waals surface area contributed by atoms with Crippen molar-refractivity contribution >= 4 is 0 Å². The van der Waals surface area contributed by atoms with Crippen LogP contribution in [0.1, 0.15) is 0 Å². The Morgan fingerprint density at radius 3 is 2.46 bits per heavy atom. The van der Waals surface area contributed by atoms with Gasteiger partial charge in [0.2, 0.25) is 0 Å². The van der Waals surface area contributed by atoms with Gasteiger partial charge in [0.05, 0.1) is 13.2 Å². The Balaban J connectivity index is 2.40. The van der Waals surface area contributed by atoms with Crippen LogP contribution in [0.4, 0.5) is 0 Å². The summed E-state index contributed by atoms with van der Waals surface area (Å²) < 4.78 is 10.0. The number of nitrogens with two attached hydrogens (primary N) is 1. The van der Waals surface area contributed by atoms with Gasteiger partial charge >= 0.3 is 0 Å². The molecule has 6 heteroatoms. The van der Waals surface area contributed by atoms with Crippen molar-refractivity contribution < 1.29 is 24.8 Å². The van der Waals surface area contributed by atoms with Gasteiger partial charge in [0.1, 0.15) is 18.3 Å². The van der Waals surface area contributed by atoms with Crippen molar-refractivity contribution in [3.8, 4) is 0 Å². The fourth-order valence-corrected chi connectivity index (χ4v) is 1.19. The van der Waals surface area contributed by atoms with E-state index < -0.39 is 24.6 Å². The largest absolute Gasteiger partial charge is 0.394 e. The number of ether oxygens (including phenoxy) is 2. The first kappa shape index (κ1) is 10.8. The molecule has 0 spiro atoms. The Morgan fingerprint density at radius 2 is 2.00 bits per heavy atom. The summed E-state index contributed by atoms with van der Waals surface area (Å²) in [5.41, 5.74) is 5.18. The normalized spacial score (nSPS) is 39.7. The highest BCUT2D eigenvalue weighted by molar-refractivity contribution is 4.86. The Morgan fingerprint density at radius 1 is 1.31 bits per heavy atom. The van der Waals surface area contributed by atoms with Crippen molar-refractivity contribution in [2.45, 2.75) is 24.6 Å². The van der Waals surface area contributed by atoms with E-state index in [-0.39, 0.29) is 13.2 Å². The van der Waals surface area contributed by atoms with Crippen LogP contribution >= 0.6 is 0 Å². The van der Waals surface area contributed by atoms with E-state index in [1.165, 1.54) is 0 Å². The average molecular weight is 193 g/mol. The van der Waals surface area contributed by atoms with Crippen LogP contribution in [0.15, 0.2) is 0 Å². The lowest BCUT2D eigenvalue weighted by Crippen LogP contribution is -2.35. The molecule has 1 aliphatic heterocycles. The van der Waals surface area contributed by atoms with E-state index in [0.717, 1.165) is 0 Å². The fraction of sp³-hybridized carbons (Fsp3) is 1.00. The van der Waals surface area contributed by atoms with Crippen LogP contribution in [0.2, 0.25) is 0 Å². The van der Waals surface area contributed by atoms with Gasteiger partial charge in [-0.1, -0.05) is 0 Å². The van der Waals surface area contributed by atoms with E-state index in [9.17, 15) is 10.2 Å². The molecule has 0 aromatic rings. The molecule has 0 aromatic carbocycles. The summed E-state index contributed by atoms with van der Waals surface area (Å²) >= 11 is 0. The first-order valence-electron chi connectivity index (χ1n) is 4.14. The van der Waals surface area contributed by atoms with Gasteiger partial charge in [-0.15, -0.1) is 0 Å². The molecular weight excluding hydrogens is 178 g/mol. The maximum Gasteiger partial charge on any atom is 0.186 e. The summed E-state index contributed by atoms with van der Waals surface area (Å²) in [4.78, 5) is 0. The van der Waals surface area contributed by atoms with E-state index >= 15 is 0 Å². The second kappa shape index (κ2) is 4.85. The van der Waals surface area contributed by atoms with E-state index in [1.54, 1.807) is 0 Å². The summed E-state index contributed by atoms with van der Waals surface area (Å²) in [5.74, 6) is 0. The second-order valence-electron chi connectivity index (χ2n) is 2.87. The maximum atomic E-state index is 9.33. The third-order valence-corrected chi connectivity index (χ3v) is 1.90. The van der Waals surface area contributed by atoms with Crippen LogP contribution in [-0.2, 0) is 9.47 Å². The maximum absolute atomic E-state index is 9.33. The zero-order valence-electron chi connectivity index (χ0n) is 7.17. The van der Waals surface area contributed by atoms with E-state index in [4.69, 9.17) is 20.3 Å². The third-order valence-electron chi connectivity index (χ3n) is 1.90. The predicted octanol–water partition coefficient (Wildman–Crippen LogP) is -2.60. The Labute approximate surface area is 75.9 Å². The molecular formula is C7H15NO5. The molecule has 0 aromatic heterocycles. The van der Waals surface area contributed by atoms with Crippen LogP contribution < -0.4 is 5.73 Å². The molecule has 1 saturated heterocycles. The minimum atomic E-state index is -1.12. The Kier molecular flexibility index (Phi) is 4.04. The SMILES string of the molecule is NCCO[C@@H]1O[C@H](CO)[C@@H](O)[C@H]1O. The average Bonchev–Trinajstić information content (AvgIpc) is 2.41. The number of hydrogen-bond donors (Lipinski definition) is 4. The number of aliphatic hydroxyl groups excluding tert-OH is 3. The molecule has 1 heterocycles. The summed E-state index contributed by atoms with van der Waals surface area (Å²) in [6, 6.07) is 0. The van der Waals surface area contributed by atoms with E-state index in [1.807, 2.05) is 0 Å². The quantitative estimate of drug-likeness (QED) is 0.390. The Bertz CT molecular complexity index is 156. The summed E-state index contributed by atoms with van der Waals surface area (Å²) in [5, 5.41) is 27.3. The molecule has 13 heavy (non-hydrogen) atoms. The summed E-state index contributed by atoms with van der Waals surface area (Å²) in [6.45, 7) is 0.208. The molecule has 0 aliphatic carbocycles. The van der Waals surface area contributed by atoms with Gasteiger partial charge in [0, 0.05) is 6.54 Å². The van der Waals surface area contributed by atoms with Crippen LogP contribution in [0.3, 0.4) is 0 Å². The molecule has 0 radical (unpaired) electrons. The van der Waals surface area contributed by atoms with E-state index in [2.05, 4.69) is 0 Å². The van der Waals surface area contributed by atoms with Gasteiger partial charge in [-0.05, 0) is 0 Å².